The van der Waals surface area contributed by atoms with Crippen LogP contribution >= 0.6 is 0 Å². The van der Waals surface area contributed by atoms with Gasteiger partial charge >= 0.3 is 0 Å². The van der Waals surface area contributed by atoms with Crippen molar-refractivity contribution in [2.75, 3.05) is 18.5 Å². The van der Waals surface area contributed by atoms with Crippen molar-refractivity contribution in [3.8, 4) is 0 Å². The van der Waals surface area contributed by atoms with Crippen LogP contribution in [0.15, 0.2) is 12.1 Å². The van der Waals surface area contributed by atoms with E-state index in [4.69, 9.17) is 5.11 Å². The van der Waals surface area contributed by atoms with Crippen molar-refractivity contribution in [2.45, 2.75) is 19.9 Å². The number of aliphatic hydroxyl groups is 1. The molecule has 4 heteroatoms. The lowest BCUT2D eigenvalue weighted by atomic mass is 9.99. The quantitative estimate of drug-likeness (QED) is 0.708. The summed E-state index contributed by atoms with van der Waals surface area (Å²) < 4.78 is 0. The molecule has 0 fully saturated rings. The van der Waals surface area contributed by atoms with Crippen LogP contribution in [-0.2, 0) is 4.79 Å². The average Bonchev–Trinajstić information content (AvgIpc) is 2.59. The van der Waals surface area contributed by atoms with E-state index in [9.17, 15) is 4.79 Å². The average molecular weight is 220 g/mol. The van der Waals surface area contributed by atoms with Crippen molar-refractivity contribution >= 4 is 11.6 Å². The molecule has 4 nitrogen and oxygen atoms in total. The molecule has 0 spiro atoms. The standard InChI is InChI=1S/C12H16N2O2/c1-7-3-4-8(2)10-9(7)11(12(16)14-10)13-5-6-15/h3-4,11,13,15H,5-6H2,1-2H3,(H,14,16). The second-order valence-corrected chi connectivity index (χ2v) is 4.09. The largest absolute Gasteiger partial charge is 0.395 e. The highest BCUT2D eigenvalue weighted by Crippen LogP contribution is 2.35. The van der Waals surface area contributed by atoms with E-state index in [1.54, 1.807) is 0 Å². The molecule has 86 valence electrons. The molecule has 1 aromatic carbocycles. The number of carbonyl (C=O) groups is 1. The van der Waals surface area contributed by atoms with Gasteiger partial charge in [0, 0.05) is 17.8 Å². The molecule has 1 aliphatic rings. The fraction of sp³-hybridized carbons (Fsp3) is 0.417. The first-order valence-corrected chi connectivity index (χ1v) is 5.40. The number of nitrogens with one attached hydrogen (secondary N) is 2. The van der Waals surface area contributed by atoms with Crippen molar-refractivity contribution < 1.29 is 9.90 Å². The Balaban J connectivity index is 2.39. The number of rotatable bonds is 3. The molecular formula is C12H16N2O2. The molecule has 3 N–H and O–H groups in total. The van der Waals surface area contributed by atoms with Gasteiger partial charge in [-0.15, -0.1) is 0 Å². The van der Waals surface area contributed by atoms with E-state index >= 15 is 0 Å². The van der Waals surface area contributed by atoms with Gasteiger partial charge in [-0.25, -0.2) is 0 Å². The van der Waals surface area contributed by atoms with Gasteiger partial charge in [0.15, 0.2) is 0 Å². The zero-order valence-corrected chi connectivity index (χ0v) is 9.50. The van der Waals surface area contributed by atoms with Gasteiger partial charge in [0.2, 0.25) is 5.91 Å². The monoisotopic (exact) mass is 220 g/mol. The van der Waals surface area contributed by atoms with Gasteiger partial charge in [-0.1, -0.05) is 12.1 Å². The number of fused-ring (bicyclic) bond motifs is 1. The first-order valence-electron chi connectivity index (χ1n) is 5.40. The minimum atomic E-state index is -0.331. The number of aryl methyl sites for hydroxylation is 2. The summed E-state index contributed by atoms with van der Waals surface area (Å²) >= 11 is 0. The molecule has 0 saturated carbocycles. The number of benzene rings is 1. The van der Waals surface area contributed by atoms with Gasteiger partial charge in [-0.2, -0.15) is 0 Å². The lowest BCUT2D eigenvalue weighted by Crippen LogP contribution is -2.30. The molecule has 1 atom stereocenters. The molecule has 16 heavy (non-hydrogen) atoms. The summed E-state index contributed by atoms with van der Waals surface area (Å²) in [6, 6.07) is 3.69. The number of hydrogen-bond acceptors (Lipinski definition) is 3. The molecule has 1 heterocycles. The van der Waals surface area contributed by atoms with Gasteiger partial charge in [-0.3, -0.25) is 10.1 Å². The summed E-state index contributed by atoms with van der Waals surface area (Å²) in [6.45, 7) is 4.42. The number of anilines is 1. The Morgan fingerprint density at radius 3 is 2.75 bits per heavy atom. The predicted molar refractivity (Wildman–Crippen MR) is 62.4 cm³/mol. The molecule has 2 rings (SSSR count). The molecule has 1 amide bonds. The maximum absolute atomic E-state index is 11.8. The van der Waals surface area contributed by atoms with E-state index in [0.717, 1.165) is 22.4 Å². The summed E-state index contributed by atoms with van der Waals surface area (Å²) in [4.78, 5) is 11.8. The molecule has 0 aliphatic carbocycles. The number of aliphatic hydroxyl groups excluding tert-OH is 1. The highest BCUT2D eigenvalue weighted by atomic mass is 16.3. The Kier molecular flexibility index (Phi) is 2.94. The fourth-order valence-corrected chi connectivity index (χ4v) is 2.10. The van der Waals surface area contributed by atoms with Crippen molar-refractivity contribution in [1.29, 1.82) is 0 Å². The topological polar surface area (TPSA) is 61.4 Å². The zero-order chi connectivity index (χ0) is 11.7. The van der Waals surface area contributed by atoms with Crippen LogP contribution in [0.4, 0.5) is 5.69 Å². The third kappa shape index (κ3) is 1.70. The van der Waals surface area contributed by atoms with Crippen molar-refractivity contribution in [3.63, 3.8) is 0 Å². The van der Waals surface area contributed by atoms with Crippen LogP contribution in [0.3, 0.4) is 0 Å². The molecule has 0 saturated heterocycles. The van der Waals surface area contributed by atoms with Gasteiger partial charge in [-0.05, 0) is 25.0 Å². The van der Waals surface area contributed by atoms with E-state index in [-0.39, 0.29) is 18.6 Å². The Labute approximate surface area is 94.7 Å². The summed E-state index contributed by atoms with van der Waals surface area (Å²) in [5.41, 5.74) is 4.09. The van der Waals surface area contributed by atoms with E-state index in [0.29, 0.717) is 6.54 Å². The predicted octanol–water partition coefficient (Wildman–Crippen LogP) is 0.879. The Hall–Kier alpha value is -1.39. The second-order valence-electron chi connectivity index (χ2n) is 4.09. The smallest absolute Gasteiger partial charge is 0.246 e. The Morgan fingerprint density at radius 1 is 1.38 bits per heavy atom. The highest BCUT2D eigenvalue weighted by Gasteiger charge is 2.32. The Morgan fingerprint density at radius 2 is 2.06 bits per heavy atom. The van der Waals surface area contributed by atoms with E-state index in [1.165, 1.54) is 0 Å². The first-order chi connectivity index (χ1) is 7.65. The zero-order valence-electron chi connectivity index (χ0n) is 9.50. The molecule has 1 unspecified atom stereocenters. The van der Waals surface area contributed by atoms with Crippen LogP contribution in [0, 0.1) is 13.8 Å². The molecule has 0 radical (unpaired) electrons. The minimum Gasteiger partial charge on any atom is -0.395 e. The number of carbonyl (C=O) groups excluding carboxylic acids is 1. The van der Waals surface area contributed by atoms with Crippen LogP contribution in [0.25, 0.3) is 0 Å². The number of amides is 1. The molecule has 1 aliphatic heterocycles. The van der Waals surface area contributed by atoms with Crippen LogP contribution in [0.1, 0.15) is 22.7 Å². The van der Waals surface area contributed by atoms with Gasteiger partial charge in [0.25, 0.3) is 0 Å². The summed E-state index contributed by atoms with van der Waals surface area (Å²) in [7, 11) is 0. The van der Waals surface area contributed by atoms with Gasteiger partial charge in [0.05, 0.1) is 6.61 Å². The van der Waals surface area contributed by atoms with Crippen molar-refractivity contribution in [1.82, 2.24) is 5.32 Å². The Bertz CT molecular complexity index is 429. The molecule has 0 bridgehead atoms. The molecular weight excluding hydrogens is 204 g/mol. The van der Waals surface area contributed by atoms with E-state index in [2.05, 4.69) is 10.6 Å². The van der Waals surface area contributed by atoms with E-state index < -0.39 is 0 Å². The normalized spacial score (nSPS) is 18.4. The van der Waals surface area contributed by atoms with Crippen LogP contribution in [-0.4, -0.2) is 24.2 Å². The maximum Gasteiger partial charge on any atom is 0.246 e. The van der Waals surface area contributed by atoms with Crippen molar-refractivity contribution in [3.05, 3.63) is 28.8 Å². The summed E-state index contributed by atoms with van der Waals surface area (Å²) in [5.74, 6) is -0.0409. The van der Waals surface area contributed by atoms with Crippen molar-refractivity contribution in [2.24, 2.45) is 0 Å². The lowest BCUT2D eigenvalue weighted by molar-refractivity contribution is -0.117. The van der Waals surface area contributed by atoms with Gasteiger partial charge in [0.1, 0.15) is 6.04 Å². The highest BCUT2D eigenvalue weighted by molar-refractivity contribution is 6.03. The van der Waals surface area contributed by atoms with Crippen LogP contribution in [0.2, 0.25) is 0 Å². The second kappa shape index (κ2) is 4.23. The maximum atomic E-state index is 11.8. The van der Waals surface area contributed by atoms with Gasteiger partial charge < -0.3 is 10.4 Å². The third-order valence-electron chi connectivity index (χ3n) is 2.93. The third-order valence-corrected chi connectivity index (χ3v) is 2.93. The van der Waals surface area contributed by atoms with Crippen LogP contribution in [0.5, 0.6) is 0 Å². The SMILES string of the molecule is Cc1ccc(C)c2c1NC(=O)C2NCCO. The molecule has 1 aromatic rings. The van der Waals surface area contributed by atoms with E-state index in [1.807, 2.05) is 26.0 Å². The fourth-order valence-electron chi connectivity index (χ4n) is 2.10. The summed E-state index contributed by atoms with van der Waals surface area (Å²) in [5, 5.41) is 14.7. The number of hydrogen-bond donors (Lipinski definition) is 3. The summed E-state index contributed by atoms with van der Waals surface area (Å²) in [6.07, 6.45) is 0. The van der Waals surface area contributed by atoms with Crippen LogP contribution < -0.4 is 10.6 Å². The lowest BCUT2D eigenvalue weighted by Gasteiger charge is -2.13. The minimum absolute atomic E-state index is 0.0317. The first kappa shape index (κ1) is 11.1. The molecule has 0 aromatic heterocycles.